The summed E-state index contributed by atoms with van der Waals surface area (Å²) in [6.07, 6.45) is 0. The number of nitrogens with one attached hydrogen (secondary N) is 1. The zero-order chi connectivity index (χ0) is 25.5. The second kappa shape index (κ2) is 12.0. The zero-order valence-corrected chi connectivity index (χ0v) is 21.6. The van der Waals surface area contributed by atoms with Crippen molar-refractivity contribution in [3.8, 4) is 0 Å². The third-order valence-electron chi connectivity index (χ3n) is 5.53. The molecule has 1 N–H and O–H groups in total. The SMILES string of the molecule is CCN(c1ccc(NC(=O)COC(=O)c2ccc(C)c(S(=O)(=O)N(CC)CC)c2)cc1)C(C)C. The summed E-state index contributed by atoms with van der Waals surface area (Å²) >= 11 is 0. The third kappa shape index (κ3) is 6.57. The highest BCUT2D eigenvalue weighted by molar-refractivity contribution is 7.89. The fourth-order valence-corrected chi connectivity index (χ4v) is 5.41. The van der Waals surface area contributed by atoms with Gasteiger partial charge in [-0.25, -0.2) is 13.2 Å². The first-order valence-corrected chi connectivity index (χ1v) is 12.9. The number of nitrogens with zero attached hydrogens (tertiary/aromatic N) is 2. The molecule has 0 aliphatic carbocycles. The van der Waals surface area contributed by atoms with Crippen LogP contribution in [0.4, 0.5) is 11.4 Å². The van der Waals surface area contributed by atoms with Crippen molar-refractivity contribution in [1.29, 1.82) is 0 Å². The van der Waals surface area contributed by atoms with Crippen LogP contribution in [-0.2, 0) is 19.6 Å². The van der Waals surface area contributed by atoms with Gasteiger partial charge in [-0.05, 0) is 69.7 Å². The largest absolute Gasteiger partial charge is 0.452 e. The number of amides is 1. The van der Waals surface area contributed by atoms with Crippen molar-refractivity contribution in [3.05, 3.63) is 53.6 Å². The molecule has 0 saturated heterocycles. The van der Waals surface area contributed by atoms with Crippen LogP contribution in [-0.4, -0.2) is 56.9 Å². The van der Waals surface area contributed by atoms with E-state index in [1.54, 1.807) is 39.0 Å². The van der Waals surface area contributed by atoms with Gasteiger partial charge in [0.15, 0.2) is 6.61 Å². The summed E-state index contributed by atoms with van der Waals surface area (Å²) in [5.41, 5.74) is 2.25. The van der Waals surface area contributed by atoms with Gasteiger partial charge in [-0.2, -0.15) is 4.31 Å². The average Bonchev–Trinajstić information content (AvgIpc) is 2.79. The van der Waals surface area contributed by atoms with E-state index in [4.69, 9.17) is 4.74 Å². The second-order valence-electron chi connectivity index (χ2n) is 8.12. The molecule has 0 heterocycles. The topological polar surface area (TPSA) is 96.0 Å². The van der Waals surface area contributed by atoms with Crippen LogP contribution in [0.25, 0.3) is 0 Å². The highest BCUT2D eigenvalue weighted by Gasteiger charge is 2.25. The lowest BCUT2D eigenvalue weighted by molar-refractivity contribution is -0.119. The van der Waals surface area contributed by atoms with Crippen LogP contribution < -0.4 is 10.2 Å². The lowest BCUT2D eigenvalue weighted by atomic mass is 10.1. The quantitative estimate of drug-likeness (QED) is 0.478. The maximum atomic E-state index is 12.9. The van der Waals surface area contributed by atoms with Crippen molar-refractivity contribution in [1.82, 2.24) is 4.31 Å². The Labute approximate surface area is 202 Å². The standard InChI is InChI=1S/C25H35N3O5S/c1-7-27(8-2)34(31,32)23-16-20(11-10-19(23)6)25(30)33-17-24(29)26-21-12-14-22(15-13-21)28(9-3)18(4)5/h10-16,18H,7-9,17H2,1-6H3,(H,26,29). The lowest BCUT2D eigenvalue weighted by Gasteiger charge is -2.27. The van der Waals surface area contributed by atoms with Gasteiger partial charge in [-0.1, -0.05) is 19.9 Å². The minimum Gasteiger partial charge on any atom is -0.452 e. The van der Waals surface area contributed by atoms with Crippen LogP contribution in [0.1, 0.15) is 50.5 Å². The van der Waals surface area contributed by atoms with Crippen molar-refractivity contribution in [2.75, 3.05) is 36.5 Å². The molecule has 0 aliphatic rings. The summed E-state index contributed by atoms with van der Waals surface area (Å²) in [5.74, 6) is -1.25. The molecule has 186 valence electrons. The Bertz CT molecular complexity index is 1090. The molecular formula is C25H35N3O5S. The van der Waals surface area contributed by atoms with E-state index in [9.17, 15) is 18.0 Å². The van der Waals surface area contributed by atoms with Crippen LogP contribution in [0.2, 0.25) is 0 Å². The molecule has 0 saturated carbocycles. The molecule has 0 radical (unpaired) electrons. The first kappa shape index (κ1) is 27.3. The summed E-state index contributed by atoms with van der Waals surface area (Å²) in [5, 5.41) is 2.70. The molecule has 0 fully saturated rings. The van der Waals surface area contributed by atoms with E-state index in [0.717, 1.165) is 12.2 Å². The Hall–Kier alpha value is -2.91. The Morgan fingerprint density at radius 3 is 2.12 bits per heavy atom. The van der Waals surface area contributed by atoms with Gasteiger partial charge in [0.05, 0.1) is 10.5 Å². The van der Waals surface area contributed by atoms with Gasteiger partial charge >= 0.3 is 5.97 Å². The summed E-state index contributed by atoms with van der Waals surface area (Å²) in [6.45, 7) is 12.5. The van der Waals surface area contributed by atoms with E-state index in [1.165, 1.54) is 16.4 Å². The summed E-state index contributed by atoms with van der Waals surface area (Å²) in [4.78, 5) is 27.1. The Kier molecular flexibility index (Phi) is 9.64. The smallest absolute Gasteiger partial charge is 0.338 e. The number of esters is 1. The molecule has 0 unspecified atom stereocenters. The highest BCUT2D eigenvalue weighted by atomic mass is 32.2. The number of sulfonamides is 1. The van der Waals surface area contributed by atoms with Gasteiger partial charge in [-0.15, -0.1) is 0 Å². The van der Waals surface area contributed by atoms with Gasteiger partial charge in [-0.3, -0.25) is 4.79 Å². The normalized spacial score (nSPS) is 11.5. The van der Waals surface area contributed by atoms with E-state index >= 15 is 0 Å². The van der Waals surface area contributed by atoms with Gasteiger partial charge < -0.3 is 15.0 Å². The number of carbonyl (C=O) groups is 2. The van der Waals surface area contributed by atoms with E-state index in [1.807, 2.05) is 12.1 Å². The monoisotopic (exact) mass is 489 g/mol. The maximum Gasteiger partial charge on any atom is 0.338 e. The number of anilines is 2. The van der Waals surface area contributed by atoms with Crippen LogP contribution in [0.3, 0.4) is 0 Å². The summed E-state index contributed by atoms with van der Waals surface area (Å²) in [6, 6.07) is 12.2. The van der Waals surface area contributed by atoms with Gasteiger partial charge in [0, 0.05) is 37.1 Å². The molecule has 9 heteroatoms. The maximum absolute atomic E-state index is 12.9. The average molecular weight is 490 g/mol. The summed E-state index contributed by atoms with van der Waals surface area (Å²) in [7, 11) is -3.73. The molecule has 2 aromatic carbocycles. The molecule has 34 heavy (non-hydrogen) atoms. The highest BCUT2D eigenvalue weighted by Crippen LogP contribution is 2.22. The molecule has 0 bridgehead atoms. The molecule has 8 nitrogen and oxygen atoms in total. The van der Waals surface area contributed by atoms with Crippen molar-refractivity contribution in [3.63, 3.8) is 0 Å². The molecule has 0 aliphatic heterocycles. The minimum atomic E-state index is -3.73. The lowest BCUT2D eigenvalue weighted by Crippen LogP contribution is -2.31. The molecule has 2 aromatic rings. The fourth-order valence-electron chi connectivity index (χ4n) is 3.70. The van der Waals surface area contributed by atoms with Crippen LogP contribution >= 0.6 is 0 Å². The van der Waals surface area contributed by atoms with Gasteiger partial charge in [0.1, 0.15) is 0 Å². The molecule has 0 spiro atoms. The second-order valence-corrected chi connectivity index (χ2v) is 10.0. The van der Waals surface area contributed by atoms with Gasteiger partial charge in [0.25, 0.3) is 5.91 Å². The number of benzene rings is 2. The van der Waals surface area contributed by atoms with Gasteiger partial charge in [0.2, 0.25) is 10.0 Å². The van der Waals surface area contributed by atoms with Crippen molar-refractivity contribution in [2.24, 2.45) is 0 Å². The van der Waals surface area contributed by atoms with E-state index in [0.29, 0.717) is 30.4 Å². The molecular weight excluding hydrogens is 454 g/mol. The number of hydrogen-bond donors (Lipinski definition) is 1. The van der Waals surface area contributed by atoms with Crippen molar-refractivity contribution >= 4 is 33.3 Å². The van der Waals surface area contributed by atoms with Crippen LogP contribution in [0.5, 0.6) is 0 Å². The Balaban J connectivity index is 2.04. The Morgan fingerprint density at radius 2 is 1.59 bits per heavy atom. The number of rotatable bonds is 11. The van der Waals surface area contributed by atoms with Crippen LogP contribution in [0.15, 0.2) is 47.4 Å². The fraction of sp³-hybridized carbons (Fsp3) is 0.440. The van der Waals surface area contributed by atoms with E-state index < -0.39 is 28.5 Å². The number of carbonyl (C=O) groups excluding carboxylic acids is 2. The predicted molar refractivity (Wildman–Crippen MR) is 135 cm³/mol. The minimum absolute atomic E-state index is 0.0534. The van der Waals surface area contributed by atoms with Crippen molar-refractivity contribution in [2.45, 2.75) is 52.5 Å². The number of ether oxygens (including phenoxy) is 1. The predicted octanol–water partition coefficient (Wildman–Crippen LogP) is 4.06. The zero-order valence-electron chi connectivity index (χ0n) is 20.8. The number of aryl methyl sites for hydroxylation is 1. The molecule has 1 amide bonds. The first-order chi connectivity index (χ1) is 16.0. The summed E-state index contributed by atoms with van der Waals surface area (Å²) < 4.78 is 32.2. The molecule has 2 rings (SSSR count). The van der Waals surface area contributed by atoms with Crippen LogP contribution in [0, 0.1) is 6.92 Å². The Morgan fingerprint density at radius 1 is 0.971 bits per heavy atom. The number of hydrogen-bond acceptors (Lipinski definition) is 6. The van der Waals surface area contributed by atoms with E-state index in [2.05, 4.69) is 31.0 Å². The molecule has 0 atom stereocenters. The van der Waals surface area contributed by atoms with E-state index in [-0.39, 0.29) is 10.5 Å². The molecule has 0 aromatic heterocycles. The third-order valence-corrected chi connectivity index (χ3v) is 7.72. The first-order valence-electron chi connectivity index (χ1n) is 11.5. The van der Waals surface area contributed by atoms with Crippen molar-refractivity contribution < 1.29 is 22.7 Å².